The number of piperidine rings is 1. The SMILES string of the molecule is COc1cc(O)ccc1CC1(O)CCCNC1. The number of hydrogen-bond donors (Lipinski definition) is 3. The van der Waals surface area contributed by atoms with Crippen LogP contribution in [0.5, 0.6) is 11.5 Å². The molecule has 0 spiro atoms. The van der Waals surface area contributed by atoms with E-state index < -0.39 is 5.60 Å². The lowest BCUT2D eigenvalue weighted by atomic mass is 9.87. The predicted molar refractivity (Wildman–Crippen MR) is 65.4 cm³/mol. The molecule has 1 aromatic carbocycles. The van der Waals surface area contributed by atoms with E-state index in [9.17, 15) is 10.2 Å². The van der Waals surface area contributed by atoms with E-state index in [2.05, 4.69) is 5.32 Å². The summed E-state index contributed by atoms with van der Waals surface area (Å²) < 4.78 is 5.22. The predicted octanol–water partition coefficient (Wildman–Crippen LogP) is 1.06. The molecule has 0 radical (unpaired) electrons. The zero-order valence-electron chi connectivity index (χ0n) is 10.1. The molecule has 17 heavy (non-hydrogen) atoms. The van der Waals surface area contributed by atoms with Crippen molar-refractivity contribution < 1.29 is 14.9 Å². The van der Waals surface area contributed by atoms with Crippen molar-refractivity contribution >= 4 is 0 Å². The number of β-amino-alcohol motifs (C(OH)–C–C–N with tert-alkyl or cyclic N) is 1. The third-order valence-corrected chi connectivity index (χ3v) is 3.24. The van der Waals surface area contributed by atoms with Gasteiger partial charge < -0.3 is 20.3 Å². The number of benzene rings is 1. The zero-order valence-corrected chi connectivity index (χ0v) is 10.1. The van der Waals surface area contributed by atoms with E-state index in [1.165, 1.54) is 0 Å². The number of phenolic OH excluding ortho intramolecular Hbond substituents is 1. The van der Waals surface area contributed by atoms with Gasteiger partial charge in [-0.25, -0.2) is 0 Å². The third kappa shape index (κ3) is 2.90. The molecule has 1 atom stereocenters. The second-order valence-corrected chi connectivity index (χ2v) is 4.68. The summed E-state index contributed by atoms with van der Waals surface area (Å²) in [5.74, 6) is 0.809. The van der Waals surface area contributed by atoms with Crippen molar-refractivity contribution in [2.45, 2.75) is 24.9 Å². The van der Waals surface area contributed by atoms with E-state index in [0.29, 0.717) is 18.7 Å². The minimum absolute atomic E-state index is 0.180. The van der Waals surface area contributed by atoms with Crippen molar-refractivity contribution in [2.75, 3.05) is 20.2 Å². The fourth-order valence-corrected chi connectivity index (χ4v) is 2.34. The van der Waals surface area contributed by atoms with Gasteiger partial charge in [0.2, 0.25) is 0 Å². The summed E-state index contributed by atoms with van der Waals surface area (Å²) in [5, 5.41) is 23.0. The summed E-state index contributed by atoms with van der Waals surface area (Å²) in [6.45, 7) is 1.58. The molecule has 3 N–H and O–H groups in total. The lowest BCUT2D eigenvalue weighted by Crippen LogP contribution is -2.47. The molecule has 1 aliphatic heterocycles. The van der Waals surface area contributed by atoms with Crippen molar-refractivity contribution in [3.63, 3.8) is 0 Å². The van der Waals surface area contributed by atoms with Crippen molar-refractivity contribution in [3.8, 4) is 11.5 Å². The molecule has 4 nitrogen and oxygen atoms in total. The van der Waals surface area contributed by atoms with Gasteiger partial charge in [0, 0.05) is 19.0 Å². The summed E-state index contributed by atoms with van der Waals surface area (Å²) in [6.07, 6.45) is 2.32. The standard InChI is InChI=1S/C13H19NO3/c1-17-12-7-11(15)4-3-10(12)8-13(16)5-2-6-14-9-13/h3-4,7,14-16H,2,5-6,8-9H2,1H3. The van der Waals surface area contributed by atoms with Crippen LogP contribution in [0.1, 0.15) is 18.4 Å². The van der Waals surface area contributed by atoms with E-state index in [4.69, 9.17) is 4.74 Å². The first-order valence-corrected chi connectivity index (χ1v) is 5.92. The quantitative estimate of drug-likeness (QED) is 0.735. The smallest absolute Gasteiger partial charge is 0.125 e. The highest BCUT2D eigenvalue weighted by Gasteiger charge is 2.30. The first kappa shape index (κ1) is 12.2. The summed E-state index contributed by atoms with van der Waals surface area (Å²) in [6, 6.07) is 5.01. The molecule has 1 fully saturated rings. The van der Waals surface area contributed by atoms with Gasteiger partial charge in [-0.1, -0.05) is 6.07 Å². The number of rotatable bonds is 3. The summed E-state index contributed by atoms with van der Waals surface area (Å²) >= 11 is 0. The summed E-state index contributed by atoms with van der Waals surface area (Å²) in [5.41, 5.74) is 0.221. The fourth-order valence-electron chi connectivity index (χ4n) is 2.34. The van der Waals surface area contributed by atoms with Gasteiger partial charge in [0.1, 0.15) is 11.5 Å². The van der Waals surface area contributed by atoms with Crippen LogP contribution in [-0.4, -0.2) is 36.0 Å². The van der Waals surface area contributed by atoms with Gasteiger partial charge in [-0.3, -0.25) is 0 Å². The second kappa shape index (κ2) is 4.94. The number of phenols is 1. The van der Waals surface area contributed by atoms with Crippen LogP contribution in [0.15, 0.2) is 18.2 Å². The molecular weight excluding hydrogens is 218 g/mol. The monoisotopic (exact) mass is 237 g/mol. The van der Waals surface area contributed by atoms with E-state index >= 15 is 0 Å². The number of hydrogen-bond acceptors (Lipinski definition) is 4. The Hall–Kier alpha value is -1.26. The van der Waals surface area contributed by atoms with E-state index in [-0.39, 0.29) is 5.75 Å². The zero-order chi connectivity index (χ0) is 12.3. The fraction of sp³-hybridized carbons (Fsp3) is 0.538. The van der Waals surface area contributed by atoms with Crippen LogP contribution in [0.25, 0.3) is 0 Å². The minimum atomic E-state index is -0.706. The van der Waals surface area contributed by atoms with Gasteiger partial charge in [0.15, 0.2) is 0 Å². The normalized spacial score (nSPS) is 24.6. The van der Waals surface area contributed by atoms with Crippen molar-refractivity contribution in [3.05, 3.63) is 23.8 Å². The average Bonchev–Trinajstić information content (AvgIpc) is 2.32. The van der Waals surface area contributed by atoms with Gasteiger partial charge in [-0.2, -0.15) is 0 Å². The van der Waals surface area contributed by atoms with Gasteiger partial charge in [0.25, 0.3) is 0 Å². The number of methoxy groups -OCH3 is 1. The molecule has 0 amide bonds. The van der Waals surface area contributed by atoms with Gasteiger partial charge in [-0.15, -0.1) is 0 Å². The molecule has 1 saturated heterocycles. The lowest BCUT2D eigenvalue weighted by Gasteiger charge is -2.33. The van der Waals surface area contributed by atoms with E-state index in [1.54, 1.807) is 25.3 Å². The molecule has 1 aliphatic rings. The lowest BCUT2D eigenvalue weighted by molar-refractivity contribution is 0.0164. The molecule has 1 unspecified atom stereocenters. The molecule has 0 aliphatic carbocycles. The maximum absolute atomic E-state index is 10.4. The largest absolute Gasteiger partial charge is 0.508 e. The van der Waals surface area contributed by atoms with Crippen molar-refractivity contribution in [1.82, 2.24) is 5.32 Å². The Bertz CT molecular complexity index is 386. The van der Waals surface area contributed by atoms with Crippen LogP contribution >= 0.6 is 0 Å². The maximum Gasteiger partial charge on any atom is 0.125 e. The van der Waals surface area contributed by atoms with Crippen LogP contribution < -0.4 is 10.1 Å². The van der Waals surface area contributed by atoms with E-state index in [0.717, 1.165) is 24.9 Å². The summed E-state index contributed by atoms with van der Waals surface area (Å²) in [7, 11) is 1.57. The highest BCUT2D eigenvalue weighted by molar-refractivity contribution is 5.40. The molecule has 0 saturated carbocycles. The van der Waals surface area contributed by atoms with Crippen LogP contribution in [0.3, 0.4) is 0 Å². The highest BCUT2D eigenvalue weighted by atomic mass is 16.5. The molecule has 0 aromatic heterocycles. The van der Waals surface area contributed by atoms with E-state index in [1.807, 2.05) is 0 Å². The minimum Gasteiger partial charge on any atom is -0.508 e. The molecule has 0 bridgehead atoms. The van der Waals surface area contributed by atoms with Crippen LogP contribution in [-0.2, 0) is 6.42 Å². The Labute approximate surface area is 101 Å². The Kier molecular flexibility index (Phi) is 3.54. The molecule has 2 rings (SSSR count). The molecular formula is C13H19NO3. The second-order valence-electron chi connectivity index (χ2n) is 4.68. The maximum atomic E-state index is 10.4. The third-order valence-electron chi connectivity index (χ3n) is 3.24. The van der Waals surface area contributed by atoms with Crippen LogP contribution in [0.4, 0.5) is 0 Å². The highest BCUT2D eigenvalue weighted by Crippen LogP contribution is 2.29. The Balaban J connectivity index is 2.17. The molecule has 1 heterocycles. The Morgan fingerprint density at radius 1 is 1.47 bits per heavy atom. The van der Waals surface area contributed by atoms with Gasteiger partial charge in [0.05, 0.1) is 12.7 Å². The van der Waals surface area contributed by atoms with Crippen LogP contribution in [0, 0.1) is 0 Å². The Morgan fingerprint density at radius 3 is 2.94 bits per heavy atom. The number of aliphatic hydroxyl groups is 1. The van der Waals surface area contributed by atoms with Crippen molar-refractivity contribution in [2.24, 2.45) is 0 Å². The number of nitrogens with one attached hydrogen (secondary N) is 1. The van der Waals surface area contributed by atoms with Gasteiger partial charge >= 0.3 is 0 Å². The first-order chi connectivity index (χ1) is 8.13. The summed E-state index contributed by atoms with van der Waals surface area (Å²) in [4.78, 5) is 0. The molecule has 1 aromatic rings. The average molecular weight is 237 g/mol. The number of ether oxygens (including phenoxy) is 1. The molecule has 94 valence electrons. The Morgan fingerprint density at radius 2 is 2.29 bits per heavy atom. The van der Waals surface area contributed by atoms with Crippen LogP contribution in [0.2, 0.25) is 0 Å². The number of aromatic hydroxyl groups is 1. The van der Waals surface area contributed by atoms with Crippen molar-refractivity contribution in [1.29, 1.82) is 0 Å². The van der Waals surface area contributed by atoms with Gasteiger partial charge in [-0.05, 0) is 31.0 Å². The topological polar surface area (TPSA) is 61.7 Å². The molecule has 4 heteroatoms. The first-order valence-electron chi connectivity index (χ1n) is 5.92.